The Morgan fingerprint density at radius 1 is 1.22 bits per heavy atom. The van der Waals surface area contributed by atoms with E-state index < -0.39 is 14.8 Å². The molecule has 0 saturated heterocycles. The molecule has 1 aromatic rings. The molecule has 2 nitrogen and oxygen atoms in total. The number of nitrogens with one attached hydrogen (secondary N) is 1. The van der Waals surface area contributed by atoms with Gasteiger partial charge in [-0.3, -0.25) is 0 Å². The van der Waals surface area contributed by atoms with Crippen LogP contribution in [0.1, 0.15) is 33.3 Å². The van der Waals surface area contributed by atoms with E-state index in [2.05, 4.69) is 26.1 Å². The summed E-state index contributed by atoms with van der Waals surface area (Å²) in [6.07, 6.45) is 0. The third kappa shape index (κ3) is 4.47. The van der Waals surface area contributed by atoms with Crippen LogP contribution in [-0.2, 0) is 10.2 Å². The average molecular weight is 424 g/mol. The Bertz CT molecular complexity index is 463. The Morgan fingerprint density at radius 2 is 1.78 bits per heavy atom. The fraction of sp³-hybridized carbons (Fsp3) is 0.417. The monoisotopic (exact) mass is 425 g/mol. The summed E-state index contributed by atoms with van der Waals surface area (Å²) in [5.41, 5.74) is 1.67. The molecule has 0 radical (unpaired) electrons. The quantitative estimate of drug-likeness (QED) is 0.720. The first-order valence-corrected chi connectivity index (χ1v) is 15.4. The van der Waals surface area contributed by atoms with Crippen LogP contribution in [0.15, 0.2) is 18.2 Å². The fourth-order valence-corrected chi connectivity index (χ4v) is 5.84. The zero-order valence-electron chi connectivity index (χ0n) is 10.7. The molecule has 6 heteroatoms. The van der Waals surface area contributed by atoms with E-state index in [4.69, 9.17) is 26.9 Å². The predicted molar refractivity (Wildman–Crippen MR) is 82.4 cm³/mol. The Morgan fingerprint density at radius 3 is 2.17 bits per heavy atom. The van der Waals surface area contributed by atoms with Crippen LogP contribution in [0.25, 0.3) is 0 Å². The molecule has 0 fully saturated rings. The van der Waals surface area contributed by atoms with Gasteiger partial charge in [0.2, 0.25) is 0 Å². The van der Waals surface area contributed by atoms with Gasteiger partial charge in [-0.05, 0) is 0 Å². The van der Waals surface area contributed by atoms with Crippen molar-refractivity contribution in [2.75, 3.05) is 5.32 Å². The molecule has 1 amide bonds. The molecular formula is C12H16Cl3NOTe. The molecule has 0 heterocycles. The number of benzene rings is 1. The minimum absolute atomic E-state index is 0.0257. The van der Waals surface area contributed by atoms with Gasteiger partial charge in [0.25, 0.3) is 0 Å². The molecule has 1 rings (SSSR count). The van der Waals surface area contributed by atoms with Gasteiger partial charge in [-0.2, -0.15) is 0 Å². The van der Waals surface area contributed by atoms with E-state index in [1.54, 1.807) is 0 Å². The number of rotatable bonds is 2. The van der Waals surface area contributed by atoms with E-state index in [9.17, 15) is 4.79 Å². The second-order valence-electron chi connectivity index (χ2n) is 5.05. The van der Waals surface area contributed by atoms with Crippen LogP contribution < -0.4 is 8.93 Å². The van der Waals surface area contributed by atoms with Gasteiger partial charge in [0.15, 0.2) is 0 Å². The van der Waals surface area contributed by atoms with Crippen LogP contribution in [0.5, 0.6) is 0 Å². The summed E-state index contributed by atoms with van der Waals surface area (Å²) >= 11 is -3.60. The number of amides is 1. The zero-order chi connectivity index (χ0) is 14.1. The molecule has 0 bridgehead atoms. The minimum atomic E-state index is -3.60. The summed E-state index contributed by atoms with van der Waals surface area (Å²) in [6.45, 7) is 7.72. The third-order valence-electron chi connectivity index (χ3n) is 2.41. The Balaban J connectivity index is 3.34. The number of hydrogen-bond acceptors (Lipinski definition) is 1. The van der Waals surface area contributed by atoms with Crippen molar-refractivity contribution in [2.24, 2.45) is 0 Å². The van der Waals surface area contributed by atoms with Gasteiger partial charge in [-0.25, -0.2) is 0 Å². The predicted octanol–water partition coefficient (Wildman–Crippen LogP) is 3.80. The summed E-state index contributed by atoms with van der Waals surface area (Å²) in [6, 6.07) is 5.66. The summed E-state index contributed by atoms with van der Waals surface area (Å²) in [5, 5.41) is 2.71. The molecular weight excluding hydrogens is 408 g/mol. The Kier molecular flexibility index (Phi) is 5.26. The van der Waals surface area contributed by atoms with Gasteiger partial charge in [-0.15, -0.1) is 0 Å². The number of halogens is 3. The van der Waals surface area contributed by atoms with Crippen LogP contribution in [0.4, 0.5) is 5.69 Å². The number of hydrogen-bond donors (Lipinski definition) is 1. The van der Waals surface area contributed by atoms with Crippen LogP contribution in [0, 0.1) is 0 Å². The van der Waals surface area contributed by atoms with Crippen molar-refractivity contribution in [1.82, 2.24) is 0 Å². The maximum atomic E-state index is 11.2. The van der Waals surface area contributed by atoms with Crippen LogP contribution in [0.2, 0.25) is 0 Å². The van der Waals surface area contributed by atoms with E-state index in [1.807, 2.05) is 18.2 Å². The second-order valence-corrected chi connectivity index (χ2v) is 21.1. The summed E-state index contributed by atoms with van der Waals surface area (Å²) in [4.78, 5) is 11.2. The standard InChI is InChI=1S/C12H16Cl3NOTe/c1-8(17)16-10-6-5-9(12(2,3)4)7-11(10)18(13,14)15/h5-7H,1-4H3,(H,16,17). The summed E-state index contributed by atoms with van der Waals surface area (Å²) < 4.78 is 0.672. The zero-order valence-corrected chi connectivity index (χ0v) is 15.3. The molecule has 102 valence electrons. The van der Waals surface area contributed by atoms with E-state index >= 15 is 0 Å². The van der Waals surface area contributed by atoms with Crippen LogP contribution in [-0.4, -0.2) is 20.7 Å². The van der Waals surface area contributed by atoms with Crippen molar-refractivity contribution in [1.29, 1.82) is 0 Å². The summed E-state index contributed by atoms with van der Waals surface area (Å²) in [5.74, 6) is -0.170. The molecule has 0 aliphatic carbocycles. The molecule has 1 aromatic carbocycles. The molecule has 0 unspecified atom stereocenters. The van der Waals surface area contributed by atoms with E-state index in [0.717, 1.165) is 5.56 Å². The van der Waals surface area contributed by atoms with E-state index in [-0.39, 0.29) is 11.3 Å². The topological polar surface area (TPSA) is 29.1 Å². The first-order chi connectivity index (χ1) is 8.01. The molecule has 18 heavy (non-hydrogen) atoms. The van der Waals surface area contributed by atoms with Gasteiger partial charge in [0, 0.05) is 0 Å². The van der Waals surface area contributed by atoms with Crippen molar-refractivity contribution in [3.63, 3.8) is 0 Å². The van der Waals surface area contributed by atoms with Crippen molar-refractivity contribution >= 4 is 56.9 Å². The molecule has 0 saturated carbocycles. The van der Waals surface area contributed by atoms with Gasteiger partial charge in [-0.1, -0.05) is 0 Å². The van der Waals surface area contributed by atoms with Crippen molar-refractivity contribution in [3.05, 3.63) is 23.8 Å². The number of anilines is 1. The van der Waals surface area contributed by atoms with E-state index in [1.165, 1.54) is 6.92 Å². The first kappa shape index (κ1) is 16.4. The number of carbonyl (C=O) groups is 1. The number of carbonyl (C=O) groups excluding carboxylic acids is 1. The normalized spacial score (nSPS) is 13.3. The molecule has 0 atom stereocenters. The third-order valence-corrected chi connectivity index (χ3v) is 8.14. The van der Waals surface area contributed by atoms with Gasteiger partial charge in [0.1, 0.15) is 0 Å². The first-order valence-electron chi connectivity index (χ1n) is 5.36. The SMILES string of the molecule is CC(=O)Nc1ccc(C(C)(C)C)cc1[Te](Cl)(Cl)Cl. The molecule has 0 spiro atoms. The van der Waals surface area contributed by atoms with Gasteiger partial charge < -0.3 is 0 Å². The summed E-state index contributed by atoms with van der Waals surface area (Å²) in [7, 11) is 18.4. The van der Waals surface area contributed by atoms with Gasteiger partial charge >= 0.3 is 124 Å². The molecule has 0 aromatic heterocycles. The van der Waals surface area contributed by atoms with Crippen LogP contribution >= 0.6 is 26.9 Å². The van der Waals surface area contributed by atoms with Crippen LogP contribution in [0.3, 0.4) is 0 Å². The van der Waals surface area contributed by atoms with Crippen molar-refractivity contribution in [2.45, 2.75) is 33.1 Å². The molecule has 1 N–H and O–H groups in total. The van der Waals surface area contributed by atoms with Crippen molar-refractivity contribution in [3.8, 4) is 0 Å². The average Bonchev–Trinajstić information content (AvgIpc) is 2.13. The van der Waals surface area contributed by atoms with Gasteiger partial charge in [0.05, 0.1) is 0 Å². The maximum absolute atomic E-state index is 11.2. The Labute approximate surface area is 123 Å². The molecule has 0 aliphatic heterocycles. The second kappa shape index (κ2) is 5.77. The Hall–Kier alpha value is 0.350. The molecule has 0 aliphatic rings. The van der Waals surface area contributed by atoms with E-state index in [0.29, 0.717) is 9.30 Å². The fourth-order valence-electron chi connectivity index (χ4n) is 1.47. The van der Waals surface area contributed by atoms with Crippen molar-refractivity contribution < 1.29 is 4.79 Å².